The molecule has 4 aliphatic rings. The predicted octanol–water partition coefficient (Wildman–Crippen LogP) is 8.73. The summed E-state index contributed by atoms with van der Waals surface area (Å²) in [6, 6.07) is 11.3. The fourth-order valence-corrected chi connectivity index (χ4v) is 10.5. The Balaban J connectivity index is 0.915. The third-order valence-corrected chi connectivity index (χ3v) is 14.3. The number of aryl methyl sites for hydroxylation is 1. The van der Waals surface area contributed by atoms with Gasteiger partial charge in [-0.2, -0.15) is 0 Å². The van der Waals surface area contributed by atoms with E-state index < -0.39 is 5.97 Å². The Morgan fingerprint density at radius 2 is 1.29 bits per heavy atom. The molecule has 0 radical (unpaired) electrons. The van der Waals surface area contributed by atoms with Crippen LogP contribution in [0.3, 0.4) is 0 Å². The second-order valence-corrected chi connectivity index (χ2v) is 17.8. The maximum atomic E-state index is 13.8. The van der Waals surface area contributed by atoms with Crippen molar-refractivity contribution in [1.29, 1.82) is 0 Å². The number of benzene rings is 2. The van der Waals surface area contributed by atoms with Crippen molar-refractivity contribution in [1.82, 2.24) is 24.0 Å². The number of nitrogens with one attached hydrogen (secondary N) is 2. The van der Waals surface area contributed by atoms with Crippen LogP contribution in [0.1, 0.15) is 115 Å². The topological polar surface area (TPSA) is 144 Å². The van der Waals surface area contributed by atoms with E-state index in [1.54, 1.807) is 12.1 Å². The molecule has 2 aliphatic carbocycles. The van der Waals surface area contributed by atoms with Gasteiger partial charge in [-0.25, -0.2) is 9.97 Å². The molecule has 8 rings (SSSR count). The lowest BCUT2D eigenvalue weighted by Crippen LogP contribution is -2.42. The summed E-state index contributed by atoms with van der Waals surface area (Å²) < 4.78 is 9.39. The van der Waals surface area contributed by atoms with E-state index in [0.717, 1.165) is 126 Å². The van der Waals surface area contributed by atoms with Gasteiger partial charge in [0.25, 0.3) is 11.8 Å². The number of carbonyl (C=O) groups excluding carboxylic acids is 2. The van der Waals surface area contributed by atoms with Crippen LogP contribution in [-0.2, 0) is 49.4 Å². The van der Waals surface area contributed by atoms with Crippen molar-refractivity contribution in [2.24, 2.45) is 31.8 Å². The van der Waals surface area contributed by atoms with Crippen LogP contribution >= 0.6 is 23.2 Å². The minimum Gasteiger partial charge on any atom is -0.481 e. The molecule has 1 atom stereocenters. The molecule has 4 aromatic rings. The summed E-state index contributed by atoms with van der Waals surface area (Å²) in [6.07, 6.45) is 13.7. The largest absolute Gasteiger partial charge is 0.481 e. The number of nitrogens with zero attached hydrogens (tertiary/aromatic N) is 5. The highest BCUT2D eigenvalue weighted by Gasteiger charge is 2.31. The van der Waals surface area contributed by atoms with Gasteiger partial charge < -0.3 is 29.6 Å². The zero-order valence-corrected chi connectivity index (χ0v) is 35.6. The van der Waals surface area contributed by atoms with Gasteiger partial charge >= 0.3 is 5.97 Å². The Kier molecular flexibility index (Phi) is 12.8. The number of hydrogen-bond acceptors (Lipinski definition) is 7. The molecule has 0 bridgehead atoms. The van der Waals surface area contributed by atoms with Crippen molar-refractivity contribution in [3.05, 3.63) is 80.9 Å². The van der Waals surface area contributed by atoms with Gasteiger partial charge in [-0.15, -0.1) is 0 Å². The molecule has 0 spiro atoms. The number of carboxylic acids is 1. The van der Waals surface area contributed by atoms with Crippen LogP contribution in [0.4, 0.5) is 11.4 Å². The minimum atomic E-state index is -0.646. The molecule has 12 nitrogen and oxygen atoms in total. The van der Waals surface area contributed by atoms with Gasteiger partial charge in [-0.1, -0.05) is 66.7 Å². The van der Waals surface area contributed by atoms with Crippen molar-refractivity contribution >= 4 is 52.4 Å². The zero-order chi connectivity index (χ0) is 41.2. The molecule has 2 amide bonds. The Morgan fingerprint density at radius 3 is 1.88 bits per heavy atom. The van der Waals surface area contributed by atoms with E-state index in [1.807, 2.05) is 47.5 Å². The van der Waals surface area contributed by atoms with Crippen LogP contribution in [0.15, 0.2) is 36.4 Å². The zero-order valence-electron chi connectivity index (χ0n) is 34.1. The summed E-state index contributed by atoms with van der Waals surface area (Å²) in [4.78, 5) is 51.0. The number of aliphatic carboxylic acids is 1. The molecule has 1 saturated carbocycles. The Bertz CT molecular complexity index is 2200. The quantitative estimate of drug-likeness (QED) is 0.144. The summed E-state index contributed by atoms with van der Waals surface area (Å²) in [5.41, 5.74) is 6.19. The third-order valence-electron chi connectivity index (χ3n) is 13.5. The molecule has 3 N–H and O–H groups in total. The first kappa shape index (κ1) is 41.5. The number of carboxylic acid groups (broad SMARTS) is 1. The third kappa shape index (κ3) is 8.97. The summed E-state index contributed by atoms with van der Waals surface area (Å²) in [7, 11) is 3.81. The number of rotatable bonds is 10. The lowest BCUT2D eigenvalue weighted by Gasteiger charge is -2.36. The minimum absolute atomic E-state index is 0.169. The van der Waals surface area contributed by atoms with Gasteiger partial charge in [-0.05, 0) is 88.2 Å². The monoisotopic (exact) mass is 843 g/mol. The van der Waals surface area contributed by atoms with E-state index in [-0.39, 0.29) is 17.7 Å². The van der Waals surface area contributed by atoms with Gasteiger partial charge in [0, 0.05) is 75.4 Å². The summed E-state index contributed by atoms with van der Waals surface area (Å²) in [6.45, 7) is 3.21. The Labute approximate surface area is 356 Å². The van der Waals surface area contributed by atoms with Crippen LogP contribution in [0.5, 0.6) is 0 Å². The van der Waals surface area contributed by atoms with E-state index in [1.165, 1.54) is 6.42 Å². The number of aromatic nitrogens is 4. The van der Waals surface area contributed by atoms with Gasteiger partial charge in [0.15, 0.2) is 11.6 Å². The van der Waals surface area contributed by atoms with Crippen molar-refractivity contribution < 1.29 is 24.2 Å². The number of carbonyl (C=O) groups is 3. The van der Waals surface area contributed by atoms with Gasteiger partial charge in [-0.3, -0.25) is 19.3 Å². The Morgan fingerprint density at radius 1 is 0.729 bits per heavy atom. The first-order chi connectivity index (χ1) is 28.5. The highest BCUT2D eigenvalue weighted by Crippen LogP contribution is 2.41. The van der Waals surface area contributed by atoms with Gasteiger partial charge in [0.2, 0.25) is 0 Å². The van der Waals surface area contributed by atoms with E-state index in [0.29, 0.717) is 68.6 Å². The highest BCUT2D eigenvalue weighted by atomic mass is 35.5. The fourth-order valence-electron chi connectivity index (χ4n) is 9.95. The average Bonchev–Trinajstić information content (AvgIpc) is 3.73. The van der Waals surface area contributed by atoms with Crippen molar-refractivity contribution in [2.75, 3.05) is 30.4 Å². The van der Waals surface area contributed by atoms with E-state index in [2.05, 4.69) is 15.5 Å². The molecule has 2 aliphatic heterocycles. The van der Waals surface area contributed by atoms with Crippen molar-refractivity contribution in [3.8, 4) is 11.1 Å². The number of hydrogen-bond donors (Lipinski definition) is 3. The number of fused-ring (bicyclic) bond motifs is 2. The molecule has 2 aromatic heterocycles. The molecule has 4 heterocycles. The number of halogens is 2. The molecule has 314 valence electrons. The first-order valence-corrected chi connectivity index (χ1v) is 22.1. The molecule has 59 heavy (non-hydrogen) atoms. The Hall–Kier alpha value is -4.23. The van der Waals surface area contributed by atoms with Crippen molar-refractivity contribution in [2.45, 2.75) is 102 Å². The van der Waals surface area contributed by atoms with E-state index in [9.17, 15) is 19.5 Å². The number of imidazole rings is 2. The number of ether oxygens (including phenoxy) is 1. The maximum Gasteiger partial charge on any atom is 0.306 e. The molecule has 2 aromatic carbocycles. The number of amides is 2. The summed E-state index contributed by atoms with van der Waals surface area (Å²) in [5, 5.41) is 16.0. The summed E-state index contributed by atoms with van der Waals surface area (Å²) >= 11 is 14.0. The first-order valence-electron chi connectivity index (χ1n) is 21.4. The molecular weight excluding hydrogens is 789 g/mol. The van der Waals surface area contributed by atoms with Gasteiger partial charge in [0.1, 0.15) is 0 Å². The molecule has 2 fully saturated rings. The highest BCUT2D eigenvalue weighted by molar-refractivity contribution is 6.40. The normalized spacial score (nSPS) is 21.5. The van der Waals surface area contributed by atoms with E-state index >= 15 is 0 Å². The lowest BCUT2D eigenvalue weighted by molar-refractivity contribution is -0.143. The predicted molar refractivity (Wildman–Crippen MR) is 229 cm³/mol. The van der Waals surface area contributed by atoms with Crippen LogP contribution in [0, 0.1) is 17.8 Å². The van der Waals surface area contributed by atoms with Crippen LogP contribution in [-0.4, -0.2) is 72.7 Å². The van der Waals surface area contributed by atoms with Crippen LogP contribution in [0.2, 0.25) is 10.0 Å². The van der Waals surface area contributed by atoms with Crippen LogP contribution < -0.4 is 10.6 Å². The lowest BCUT2D eigenvalue weighted by atomic mass is 9.78. The number of anilines is 2. The second-order valence-electron chi connectivity index (χ2n) is 17.0. The standard InChI is InChI=1S/C45H55Cl2N7O5/c1-52-37-19-16-27(12-13-28-14-17-29(18-15-28)45(57)58)6-3-9-33(37)48-41(52)43(55)50-34-10-4-7-31(39(34)46)32-8-5-11-35(40(32)47)51-44(56)42-49-36-26-54(23-20-38(36)53(42)2)30-21-24-59-25-22-30/h4-5,7-8,10-11,27-30H,3,6,9,12-26H2,1-2H3,(H,50,55)(H,51,56)(H,57,58)/t27?,28-,29-. The average molecular weight is 845 g/mol. The van der Waals surface area contributed by atoms with E-state index in [4.69, 9.17) is 37.9 Å². The molecule has 1 unspecified atom stereocenters. The maximum absolute atomic E-state index is 13.8. The smallest absolute Gasteiger partial charge is 0.306 e. The molecule has 1 saturated heterocycles. The SMILES string of the molecule is Cn1c(C(=O)Nc2cccc(-c3cccc(NC(=O)c4nc5c(n4C)CCN(C4CCOCC4)C5)c3Cl)c2Cl)nc2c1CCC(CC[C@H]1CC[C@H](C(=O)O)CC1)CCC2. The van der Waals surface area contributed by atoms with Crippen LogP contribution in [0.25, 0.3) is 11.1 Å². The fraction of sp³-hybridized carbons (Fsp3) is 0.533. The summed E-state index contributed by atoms with van der Waals surface area (Å²) in [5.74, 6) is 0.423. The second kappa shape index (κ2) is 18.2. The molecule has 14 heteroatoms. The molecular formula is C45H55Cl2N7O5. The van der Waals surface area contributed by atoms with Gasteiger partial charge in [0.05, 0.1) is 38.7 Å². The van der Waals surface area contributed by atoms with Crippen molar-refractivity contribution in [3.63, 3.8) is 0 Å².